The van der Waals surface area contributed by atoms with Crippen LogP contribution in [0, 0.1) is 5.82 Å². The van der Waals surface area contributed by atoms with Crippen LogP contribution in [-0.4, -0.2) is 15.1 Å². The van der Waals surface area contributed by atoms with Crippen LogP contribution in [0.1, 0.15) is 28.3 Å². The van der Waals surface area contributed by atoms with Crippen molar-refractivity contribution in [2.75, 3.05) is 5.32 Å². The van der Waals surface area contributed by atoms with E-state index in [0.29, 0.717) is 11.6 Å². The number of rotatable bonds is 5. The van der Waals surface area contributed by atoms with E-state index < -0.39 is 30.3 Å². The first-order chi connectivity index (χ1) is 15.7. The Morgan fingerprint density at radius 1 is 1.00 bits per heavy atom. The third kappa shape index (κ3) is 4.41. The predicted molar refractivity (Wildman–Crippen MR) is 114 cm³/mol. The number of nitrogens with one attached hydrogen (secondary N) is 1. The van der Waals surface area contributed by atoms with E-state index in [1.807, 2.05) is 0 Å². The van der Waals surface area contributed by atoms with Gasteiger partial charge in [-0.3, -0.25) is 4.98 Å². The molecule has 33 heavy (non-hydrogen) atoms. The van der Waals surface area contributed by atoms with Gasteiger partial charge in [0.2, 0.25) is 0 Å². The molecule has 0 bridgehead atoms. The Bertz CT molecular complexity index is 1310. The molecule has 0 spiro atoms. The Hall–Kier alpha value is -3.46. The highest BCUT2D eigenvalue weighted by Gasteiger charge is 2.31. The lowest BCUT2D eigenvalue weighted by molar-refractivity contribution is -0.137. The second-order valence-corrected chi connectivity index (χ2v) is 7.56. The molecule has 0 amide bonds. The number of fused-ring (bicyclic) bond motifs is 1. The lowest BCUT2D eigenvalue weighted by Crippen LogP contribution is -2.16. The third-order valence-electron chi connectivity index (χ3n) is 5.13. The SMILES string of the molecule is Oc1c(C(Nc2ccc(C(F)(F)F)cn2)c2ccc(Cl)c(CF)c2F)ccc2cccnc12. The number of benzene rings is 2. The van der Waals surface area contributed by atoms with Gasteiger partial charge in [0, 0.05) is 39.5 Å². The molecule has 10 heteroatoms. The molecule has 4 nitrogen and oxygen atoms in total. The molecule has 0 aliphatic heterocycles. The van der Waals surface area contributed by atoms with Crippen LogP contribution < -0.4 is 5.32 Å². The highest BCUT2D eigenvalue weighted by molar-refractivity contribution is 6.31. The Morgan fingerprint density at radius 2 is 1.76 bits per heavy atom. The first-order valence-corrected chi connectivity index (χ1v) is 9.97. The van der Waals surface area contributed by atoms with E-state index in [-0.39, 0.29) is 38.8 Å². The fraction of sp³-hybridized carbons (Fsp3) is 0.130. The standard InChI is InChI=1S/C23H15ClF5N3O/c24-17-7-6-14(19(26)16(17)10-25)21(32-18-8-4-13(11-31-18)23(27,28)29)15-5-3-12-2-1-9-30-20(12)22(15)33/h1-9,11,21,33H,10H2,(H,31,32). The first-order valence-electron chi connectivity index (χ1n) is 9.60. The van der Waals surface area contributed by atoms with Crippen LogP contribution in [0.4, 0.5) is 27.8 Å². The Morgan fingerprint density at radius 3 is 2.42 bits per heavy atom. The lowest BCUT2D eigenvalue weighted by Gasteiger charge is -2.23. The summed E-state index contributed by atoms with van der Waals surface area (Å²) in [5, 5.41) is 14.2. The van der Waals surface area contributed by atoms with Crippen molar-refractivity contribution >= 4 is 28.3 Å². The number of pyridine rings is 2. The quantitative estimate of drug-likeness (QED) is 0.308. The van der Waals surface area contributed by atoms with Gasteiger partial charge >= 0.3 is 6.18 Å². The average molecular weight is 480 g/mol. The molecule has 4 aromatic rings. The van der Waals surface area contributed by atoms with Gasteiger partial charge in [0.25, 0.3) is 0 Å². The summed E-state index contributed by atoms with van der Waals surface area (Å²) < 4.78 is 67.3. The minimum atomic E-state index is -4.58. The average Bonchev–Trinajstić information content (AvgIpc) is 2.79. The Balaban J connectivity index is 1.86. The highest BCUT2D eigenvalue weighted by Crippen LogP contribution is 2.39. The van der Waals surface area contributed by atoms with Gasteiger partial charge < -0.3 is 10.4 Å². The molecule has 0 radical (unpaired) electrons. The van der Waals surface area contributed by atoms with Gasteiger partial charge in [-0.1, -0.05) is 35.9 Å². The predicted octanol–water partition coefficient (Wildman–Crippen LogP) is 6.82. The maximum atomic E-state index is 15.2. The molecule has 0 fully saturated rings. The van der Waals surface area contributed by atoms with Crippen molar-refractivity contribution in [1.82, 2.24) is 9.97 Å². The number of hydrogen-bond acceptors (Lipinski definition) is 4. The molecular weight excluding hydrogens is 465 g/mol. The number of alkyl halides is 4. The van der Waals surface area contributed by atoms with Gasteiger partial charge in [0.05, 0.1) is 11.6 Å². The number of nitrogens with zero attached hydrogens (tertiary/aromatic N) is 2. The van der Waals surface area contributed by atoms with Crippen LogP contribution in [0.25, 0.3) is 10.9 Å². The smallest absolute Gasteiger partial charge is 0.417 e. The Kier molecular flexibility index (Phi) is 6.07. The maximum absolute atomic E-state index is 15.2. The van der Waals surface area contributed by atoms with E-state index >= 15 is 4.39 Å². The van der Waals surface area contributed by atoms with Crippen molar-refractivity contribution in [1.29, 1.82) is 0 Å². The van der Waals surface area contributed by atoms with Gasteiger partial charge in [-0.05, 0) is 24.3 Å². The summed E-state index contributed by atoms with van der Waals surface area (Å²) in [5.41, 5.74) is -1.02. The number of aromatic nitrogens is 2. The van der Waals surface area contributed by atoms with Crippen LogP contribution in [0.2, 0.25) is 5.02 Å². The number of anilines is 1. The van der Waals surface area contributed by atoms with Gasteiger partial charge in [0.15, 0.2) is 0 Å². The zero-order chi connectivity index (χ0) is 23.8. The second-order valence-electron chi connectivity index (χ2n) is 7.15. The van der Waals surface area contributed by atoms with Crippen molar-refractivity contribution in [3.8, 4) is 5.75 Å². The van der Waals surface area contributed by atoms with Crippen molar-refractivity contribution in [2.45, 2.75) is 18.9 Å². The zero-order valence-corrected chi connectivity index (χ0v) is 17.4. The largest absolute Gasteiger partial charge is 0.505 e. The summed E-state index contributed by atoms with van der Waals surface area (Å²) in [7, 11) is 0. The summed E-state index contributed by atoms with van der Waals surface area (Å²) in [5.74, 6) is -1.24. The normalized spacial score (nSPS) is 12.7. The molecule has 0 aliphatic carbocycles. The number of phenols is 1. The Labute approximate surface area is 189 Å². The summed E-state index contributed by atoms with van der Waals surface area (Å²) in [6.45, 7) is -1.17. The van der Waals surface area contributed by atoms with Gasteiger partial charge in [-0.15, -0.1) is 0 Å². The minimum Gasteiger partial charge on any atom is -0.505 e. The number of aromatic hydroxyl groups is 1. The number of hydrogen-bond donors (Lipinski definition) is 2. The molecule has 0 aliphatic rings. The molecule has 2 aromatic heterocycles. The molecular formula is C23H15ClF5N3O. The molecule has 0 saturated carbocycles. The molecule has 4 rings (SSSR count). The summed E-state index contributed by atoms with van der Waals surface area (Å²) in [6.07, 6.45) is -2.48. The molecule has 170 valence electrons. The maximum Gasteiger partial charge on any atom is 0.417 e. The van der Waals surface area contributed by atoms with E-state index in [4.69, 9.17) is 11.6 Å². The van der Waals surface area contributed by atoms with E-state index in [9.17, 15) is 22.7 Å². The van der Waals surface area contributed by atoms with E-state index in [2.05, 4.69) is 15.3 Å². The monoisotopic (exact) mass is 479 g/mol. The van der Waals surface area contributed by atoms with E-state index in [1.165, 1.54) is 24.4 Å². The number of phenolic OH excluding ortho intramolecular Hbond substituents is 1. The van der Waals surface area contributed by atoms with Crippen molar-refractivity contribution in [3.63, 3.8) is 0 Å². The van der Waals surface area contributed by atoms with Crippen LogP contribution in [0.3, 0.4) is 0 Å². The van der Waals surface area contributed by atoms with Crippen LogP contribution >= 0.6 is 11.6 Å². The highest BCUT2D eigenvalue weighted by atomic mass is 35.5. The number of halogens is 6. The molecule has 1 atom stereocenters. The minimum absolute atomic E-state index is 0.0235. The van der Waals surface area contributed by atoms with Gasteiger partial charge in [-0.25, -0.2) is 13.8 Å². The van der Waals surface area contributed by atoms with Crippen molar-refractivity contribution < 1.29 is 27.1 Å². The molecule has 2 N–H and O–H groups in total. The van der Waals surface area contributed by atoms with Crippen LogP contribution in [0.15, 0.2) is 60.9 Å². The van der Waals surface area contributed by atoms with Crippen LogP contribution in [-0.2, 0) is 12.9 Å². The summed E-state index contributed by atoms with van der Waals surface area (Å²) in [4.78, 5) is 7.91. The molecule has 1 unspecified atom stereocenters. The summed E-state index contributed by atoms with van der Waals surface area (Å²) >= 11 is 5.90. The fourth-order valence-corrected chi connectivity index (χ4v) is 3.65. The van der Waals surface area contributed by atoms with Crippen molar-refractivity contribution in [2.24, 2.45) is 0 Å². The molecule has 2 aromatic carbocycles. The topological polar surface area (TPSA) is 58.0 Å². The first kappa shape index (κ1) is 22.7. The fourth-order valence-electron chi connectivity index (χ4n) is 3.46. The third-order valence-corrected chi connectivity index (χ3v) is 5.49. The van der Waals surface area contributed by atoms with Crippen LogP contribution in [0.5, 0.6) is 5.75 Å². The zero-order valence-electron chi connectivity index (χ0n) is 16.7. The second kappa shape index (κ2) is 8.82. The van der Waals surface area contributed by atoms with Crippen molar-refractivity contribution in [3.05, 3.63) is 94.0 Å². The summed E-state index contributed by atoms with van der Waals surface area (Å²) in [6, 6.07) is 9.92. The molecule has 2 heterocycles. The van der Waals surface area contributed by atoms with Gasteiger partial charge in [0.1, 0.15) is 29.6 Å². The lowest BCUT2D eigenvalue weighted by atomic mass is 9.94. The van der Waals surface area contributed by atoms with E-state index in [0.717, 1.165) is 12.1 Å². The molecule has 0 saturated heterocycles. The van der Waals surface area contributed by atoms with E-state index in [1.54, 1.807) is 18.2 Å². The van der Waals surface area contributed by atoms with Gasteiger partial charge in [-0.2, -0.15) is 13.2 Å².